The quantitative estimate of drug-likeness (QED) is 0.0553. The van der Waals surface area contributed by atoms with Gasteiger partial charge in [0.15, 0.2) is 0 Å². The second kappa shape index (κ2) is 31.7. The lowest BCUT2D eigenvalue weighted by Crippen LogP contribution is -2.61. The molecule has 1 saturated heterocycles. The minimum Gasteiger partial charge on any atom is -0.390 e. The van der Waals surface area contributed by atoms with Crippen molar-refractivity contribution in [3.8, 4) is 0 Å². The topological polar surface area (TPSA) is 217 Å². The number of aromatic nitrogens is 1. The Morgan fingerprint density at radius 1 is 0.718 bits per heavy atom. The maximum absolute atomic E-state index is 14.5. The molecule has 2 fully saturated rings. The van der Waals surface area contributed by atoms with Crippen molar-refractivity contribution in [2.75, 3.05) is 113 Å². The summed E-state index contributed by atoms with van der Waals surface area (Å²) < 4.78 is 38.0. The van der Waals surface area contributed by atoms with Crippen LogP contribution < -0.4 is 21.3 Å². The molecule has 2 aliphatic rings. The number of nitrogens with zero attached hydrogens (tertiary/aromatic N) is 2. The molecule has 0 bridgehead atoms. The molecule has 1 aliphatic carbocycles. The number of aliphatic hydroxyl groups is 1. The Morgan fingerprint density at radius 3 is 1.92 bits per heavy atom. The largest absolute Gasteiger partial charge is 0.390 e. The number of pyridine rings is 1. The number of benzene rings is 2. The van der Waals surface area contributed by atoms with Crippen LogP contribution in [0.5, 0.6) is 0 Å². The summed E-state index contributed by atoms with van der Waals surface area (Å²) >= 11 is 0. The average molecular weight is 993 g/mol. The van der Waals surface area contributed by atoms with Crippen molar-refractivity contribution in [1.29, 1.82) is 0 Å². The standard InChI is InChI=1S/C53H80N6O12/c1-53(2,3)58-52(64)47-35-41-15-8-9-16-42(41)37-59(47)38-48(60)45(34-39-12-6-5-7-13-39)56-51(63)46(57-50(62)44-19-18-40-14-10-11-17-43(40)55-44)36-49(61)54-20-21-66-24-25-68-28-29-70-32-33-71-31-30-69-27-26-67-23-22-65-4/h5-7,10-14,17-19,41-42,45-48,60H,8-9,15-16,20-38H2,1-4H3,(H,54,61)(H,56,63)(H,57,62)(H,58,64)/t41-,42+,45-,46-,47-,48+/m0/s1. The summed E-state index contributed by atoms with van der Waals surface area (Å²) in [6.07, 6.45) is 3.93. The maximum Gasteiger partial charge on any atom is 0.270 e. The van der Waals surface area contributed by atoms with Gasteiger partial charge >= 0.3 is 0 Å². The van der Waals surface area contributed by atoms with Gasteiger partial charge in [0.25, 0.3) is 5.91 Å². The third-order valence-electron chi connectivity index (χ3n) is 12.5. The zero-order valence-electron chi connectivity index (χ0n) is 42.4. The SMILES string of the molecule is COCCOCCOCCOCCOCCOCCOCCNC(=O)C[C@H](NC(=O)c1ccc2ccccc2n1)C(=O)N[C@@H](Cc1ccccc1)[C@H](O)CN1C[C@H]2CCCC[C@H]2C[C@H]1C(=O)NC(C)(C)C. The van der Waals surface area contributed by atoms with Gasteiger partial charge in [0, 0.05) is 37.7 Å². The number of β-amino-alcohol motifs (C(OH)–C–C–N with tert-alkyl or cyclic N) is 1. The fourth-order valence-corrected chi connectivity index (χ4v) is 8.93. The van der Waals surface area contributed by atoms with E-state index in [1.807, 2.05) is 69.3 Å². The van der Waals surface area contributed by atoms with Crippen molar-refractivity contribution in [3.05, 3.63) is 78.0 Å². The van der Waals surface area contributed by atoms with Gasteiger partial charge < -0.3 is 59.5 Å². The first-order valence-electron chi connectivity index (χ1n) is 25.4. The Kier molecular flexibility index (Phi) is 25.6. The molecule has 5 N–H and O–H groups in total. The number of carbonyl (C=O) groups excluding carboxylic acids is 4. The zero-order chi connectivity index (χ0) is 50.7. The predicted molar refractivity (Wildman–Crippen MR) is 269 cm³/mol. The van der Waals surface area contributed by atoms with E-state index in [0.717, 1.165) is 36.6 Å². The number of ether oxygens (including phenoxy) is 7. The van der Waals surface area contributed by atoms with Crippen LogP contribution in [0.3, 0.4) is 0 Å². The number of piperidine rings is 1. The molecule has 6 atom stereocenters. The number of hydrogen-bond acceptors (Lipinski definition) is 14. The highest BCUT2D eigenvalue weighted by Crippen LogP contribution is 2.39. The summed E-state index contributed by atoms with van der Waals surface area (Å²) in [4.78, 5) is 62.2. The van der Waals surface area contributed by atoms with E-state index in [1.165, 1.54) is 0 Å². The average Bonchev–Trinajstić information content (AvgIpc) is 3.35. The van der Waals surface area contributed by atoms with Crippen LogP contribution in [0.2, 0.25) is 0 Å². The zero-order valence-corrected chi connectivity index (χ0v) is 42.4. The number of para-hydroxylation sites is 1. The minimum atomic E-state index is -1.33. The van der Waals surface area contributed by atoms with Crippen molar-refractivity contribution in [2.45, 2.75) is 95.5 Å². The smallest absolute Gasteiger partial charge is 0.270 e. The molecule has 0 spiro atoms. The number of methoxy groups -OCH3 is 1. The Balaban J connectivity index is 1.12. The molecule has 18 heteroatoms. The van der Waals surface area contributed by atoms with E-state index in [9.17, 15) is 24.3 Å². The fraction of sp³-hybridized carbons (Fsp3) is 0.642. The van der Waals surface area contributed by atoms with Crippen molar-refractivity contribution in [1.82, 2.24) is 31.2 Å². The van der Waals surface area contributed by atoms with Crippen LogP contribution >= 0.6 is 0 Å². The first-order valence-corrected chi connectivity index (χ1v) is 25.4. The number of amides is 4. The summed E-state index contributed by atoms with van der Waals surface area (Å²) in [5, 5.41) is 24.7. The van der Waals surface area contributed by atoms with E-state index in [2.05, 4.69) is 31.2 Å². The Labute approximate surface area is 419 Å². The van der Waals surface area contributed by atoms with Gasteiger partial charge in [0.05, 0.1) is 116 Å². The molecule has 2 aromatic carbocycles. The molecule has 4 amide bonds. The van der Waals surface area contributed by atoms with Gasteiger partial charge in [-0.1, -0.05) is 73.9 Å². The molecular formula is C53H80N6O12. The lowest BCUT2D eigenvalue weighted by atomic mass is 9.72. The number of aliphatic hydroxyl groups excluding tert-OH is 1. The van der Waals surface area contributed by atoms with E-state index in [4.69, 9.17) is 33.2 Å². The second-order valence-electron chi connectivity index (χ2n) is 19.3. The van der Waals surface area contributed by atoms with Crippen LogP contribution in [-0.4, -0.2) is 181 Å². The second-order valence-corrected chi connectivity index (χ2v) is 19.3. The van der Waals surface area contributed by atoms with Crippen LogP contribution in [0, 0.1) is 11.8 Å². The molecule has 3 aromatic rings. The van der Waals surface area contributed by atoms with Gasteiger partial charge in [0.2, 0.25) is 17.7 Å². The molecule has 1 saturated carbocycles. The number of hydrogen-bond donors (Lipinski definition) is 5. The third kappa shape index (κ3) is 21.5. The molecule has 71 heavy (non-hydrogen) atoms. The molecule has 2 heterocycles. The molecule has 18 nitrogen and oxygen atoms in total. The van der Waals surface area contributed by atoms with Gasteiger partial charge in [-0.25, -0.2) is 4.98 Å². The van der Waals surface area contributed by atoms with Crippen molar-refractivity contribution < 1.29 is 57.4 Å². The van der Waals surface area contributed by atoms with Gasteiger partial charge in [-0.05, 0) is 69.6 Å². The van der Waals surface area contributed by atoms with Gasteiger partial charge in [-0.15, -0.1) is 0 Å². The number of carbonyl (C=O) groups is 4. The number of rotatable bonds is 33. The lowest BCUT2D eigenvalue weighted by molar-refractivity contribution is -0.133. The van der Waals surface area contributed by atoms with E-state index in [-0.39, 0.29) is 37.7 Å². The van der Waals surface area contributed by atoms with Crippen molar-refractivity contribution >= 4 is 34.5 Å². The number of nitrogens with one attached hydrogen (secondary N) is 4. The summed E-state index contributed by atoms with van der Waals surface area (Å²) in [6, 6.07) is 17.6. The van der Waals surface area contributed by atoms with E-state index < -0.39 is 53.9 Å². The Morgan fingerprint density at radius 2 is 1.30 bits per heavy atom. The molecule has 1 aliphatic heterocycles. The monoisotopic (exact) mass is 993 g/mol. The number of fused-ring (bicyclic) bond motifs is 2. The first-order chi connectivity index (χ1) is 34.4. The fourth-order valence-electron chi connectivity index (χ4n) is 8.93. The van der Waals surface area contributed by atoms with Gasteiger partial charge in [0.1, 0.15) is 11.7 Å². The highest BCUT2D eigenvalue weighted by atomic mass is 16.6. The van der Waals surface area contributed by atoms with Gasteiger partial charge in [-0.2, -0.15) is 0 Å². The molecule has 0 radical (unpaired) electrons. The Bertz CT molecular complexity index is 2020. The highest BCUT2D eigenvalue weighted by molar-refractivity contribution is 5.99. The van der Waals surface area contributed by atoms with E-state index in [0.29, 0.717) is 110 Å². The van der Waals surface area contributed by atoms with Gasteiger partial charge in [-0.3, -0.25) is 24.1 Å². The van der Waals surface area contributed by atoms with E-state index in [1.54, 1.807) is 25.3 Å². The minimum absolute atomic E-state index is 0.0680. The molecule has 1 aromatic heterocycles. The van der Waals surface area contributed by atoms with Crippen LogP contribution in [0.1, 0.15) is 75.3 Å². The highest BCUT2D eigenvalue weighted by Gasteiger charge is 2.42. The summed E-state index contributed by atoms with van der Waals surface area (Å²) in [7, 11) is 1.63. The molecule has 5 rings (SSSR count). The van der Waals surface area contributed by atoms with Crippen LogP contribution in [0.15, 0.2) is 66.7 Å². The summed E-state index contributed by atoms with van der Waals surface area (Å²) in [6.45, 7) is 12.4. The van der Waals surface area contributed by atoms with E-state index >= 15 is 0 Å². The first kappa shape index (κ1) is 57.3. The normalized spacial score (nSPS) is 18.5. The third-order valence-corrected chi connectivity index (χ3v) is 12.5. The molecular weight excluding hydrogens is 913 g/mol. The maximum atomic E-state index is 14.5. The lowest BCUT2D eigenvalue weighted by Gasteiger charge is -2.47. The van der Waals surface area contributed by atoms with Crippen LogP contribution in [0.25, 0.3) is 10.9 Å². The van der Waals surface area contributed by atoms with Crippen LogP contribution in [-0.2, 0) is 54.0 Å². The van der Waals surface area contributed by atoms with Crippen molar-refractivity contribution in [2.24, 2.45) is 11.8 Å². The summed E-state index contributed by atoms with van der Waals surface area (Å²) in [5.74, 6) is -0.979. The summed E-state index contributed by atoms with van der Waals surface area (Å²) in [5.41, 5.74) is 1.12. The molecule has 0 unspecified atom stereocenters. The Hall–Kier alpha value is -4.63. The molecule has 394 valence electrons. The van der Waals surface area contributed by atoms with Crippen LogP contribution in [0.4, 0.5) is 0 Å². The predicted octanol–water partition coefficient (Wildman–Crippen LogP) is 3.47. The number of likely N-dealkylation sites (tertiary alicyclic amines) is 1. The van der Waals surface area contributed by atoms with Crippen molar-refractivity contribution in [3.63, 3.8) is 0 Å².